The standard InChI is InChI=1S/C24H29N5O2/c1-23(2)13-18(14-24(3,4)31-23)20-16-28(19-10-8-17(15-25)9-11-19)22(27-20)29-21(30-5)7-6-12-26-29/h6-12,16,18,26H,13-14H2,1-5H3. The van der Waals surface area contributed by atoms with Crippen LogP contribution < -0.4 is 10.4 Å². The summed E-state index contributed by atoms with van der Waals surface area (Å²) in [6.45, 7) is 8.56. The number of benzene rings is 1. The first-order chi connectivity index (χ1) is 14.7. The number of rotatable bonds is 4. The van der Waals surface area contributed by atoms with E-state index in [0.717, 1.165) is 24.2 Å². The van der Waals surface area contributed by atoms with Gasteiger partial charge in [-0.3, -0.25) is 9.99 Å². The zero-order valence-electron chi connectivity index (χ0n) is 18.7. The molecule has 1 aromatic carbocycles. The number of anilines is 1. The van der Waals surface area contributed by atoms with Gasteiger partial charge in [-0.1, -0.05) is 0 Å². The van der Waals surface area contributed by atoms with Gasteiger partial charge in [-0.05, 0) is 70.9 Å². The highest BCUT2D eigenvalue weighted by atomic mass is 16.5. The molecule has 2 aliphatic heterocycles. The molecule has 0 spiro atoms. The molecule has 0 atom stereocenters. The summed E-state index contributed by atoms with van der Waals surface area (Å²) in [4.78, 5) is 5.06. The van der Waals surface area contributed by atoms with E-state index in [1.165, 1.54) is 0 Å². The highest BCUT2D eigenvalue weighted by Gasteiger charge is 2.41. The van der Waals surface area contributed by atoms with E-state index in [2.05, 4.69) is 45.4 Å². The molecule has 1 N–H and O–H groups in total. The van der Waals surface area contributed by atoms with Crippen LogP contribution in [0.1, 0.15) is 57.7 Å². The lowest BCUT2D eigenvalue weighted by Crippen LogP contribution is -2.44. The van der Waals surface area contributed by atoms with Gasteiger partial charge in [0.15, 0.2) is 0 Å². The Kier molecular flexibility index (Phi) is 5.28. The van der Waals surface area contributed by atoms with Crippen LogP contribution in [0.4, 0.5) is 5.95 Å². The summed E-state index contributed by atoms with van der Waals surface area (Å²) in [5.74, 6) is 1.59. The Hall–Kier alpha value is -3.24. The molecule has 0 bridgehead atoms. The number of hydrazine groups is 1. The highest BCUT2D eigenvalue weighted by molar-refractivity contribution is 5.50. The molecule has 1 saturated heterocycles. The largest absolute Gasteiger partial charge is 0.481 e. The minimum atomic E-state index is -0.228. The first-order valence-electron chi connectivity index (χ1n) is 10.5. The van der Waals surface area contributed by atoms with E-state index in [9.17, 15) is 0 Å². The number of imidazole rings is 1. The van der Waals surface area contributed by atoms with Crippen LogP contribution in [0.25, 0.3) is 5.69 Å². The maximum Gasteiger partial charge on any atom is 0.237 e. The molecule has 0 unspecified atom stereocenters. The van der Waals surface area contributed by atoms with Crippen LogP contribution in [0.2, 0.25) is 0 Å². The lowest BCUT2D eigenvalue weighted by molar-refractivity contribution is -0.162. The molecular formula is C24H29N5O2. The van der Waals surface area contributed by atoms with Crippen LogP contribution >= 0.6 is 0 Å². The fraction of sp³-hybridized carbons (Fsp3) is 0.417. The highest BCUT2D eigenvalue weighted by Crippen LogP contribution is 2.43. The molecule has 2 aromatic rings. The van der Waals surface area contributed by atoms with Gasteiger partial charge in [0, 0.05) is 30.1 Å². The number of ether oxygens (including phenoxy) is 2. The Morgan fingerprint density at radius 2 is 1.84 bits per heavy atom. The van der Waals surface area contributed by atoms with Gasteiger partial charge in [-0.15, -0.1) is 0 Å². The van der Waals surface area contributed by atoms with Crippen molar-refractivity contribution in [2.45, 2.75) is 57.7 Å². The second kappa shape index (κ2) is 7.78. The van der Waals surface area contributed by atoms with E-state index >= 15 is 0 Å². The van der Waals surface area contributed by atoms with Gasteiger partial charge in [0.2, 0.25) is 11.8 Å². The van der Waals surface area contributed by atoms with Crippen molar-refractivity contribution < 1.29 is 9.47 Å². The first kappa shape index (κ1) is 21.0. The minimum Gasteiger partial charge on any atom is -0.481 e. The van der Waals surface area contributed by atoms with Crippen molar-refractivity contribution in [1.82, 2.24) is 15.0 Å². The molecule has 0 radical (unpaired) electrons. The van der Waals surface area contributed by atoms with Gasteiger partial charge in [0.25, 0.3) is 0 Å². The molecule has 7 nitrogen and oxygen atoms in total. The van der Waals surface area contributed by atoms with Gasteiger partial charge < -0.3 is 9.47 Å². The van der Waals surface area contributed by atoms with Gasteiger partial charge in [-0.2, -0.15) is 10.3 Å². The number of methoxy groups -OCH3 is 1. The number of hydrogen-bond acceptors (Lipinski definition) is 6. The molecule has 2 aliphatic rings. The molecule has 0 saturated carbocycles. The SMILES string of the molecule is COC1=CC=CNN1c1nc(C2CC(C)(C)OC(C)(C)C2)cn1-c1ccc(C#N)cc1. The first-order valence-corrected chi connectivity index (χ1v) is 10.5. The fourth-order valence-electron chi connectivity index (χ4n) is 4.63. The van der Waals surface area contributed by atoms with E-state index in [-0.39, 0.29) is 17.1 Å². The predicted molar refractivity (Wildman–Crippen MR) is 119 cm³/mol. The number of allylic oxidation sites excluding steroid dienone is 2. The Morgan fingerprint density at radius 1 is 1.16 bits per heavy atom. The molecule has 0 amide bonds. The van der Waals surface area contributed by atoms with E-state index in [0.29, 0.717) is 17.4 Å². The van der Waals surface area contributed by atoms with Crippen molar-refractivity contribution in [2.24, 2.45) is 0 Å². The van der Waals surface area contributed by atoms with Gasteiger partial charge in [0.1, 0.15) is 0 Å². The average Bonchev–Trinajstić information content (AvgIpc) is 3.17. The minimum absolute atomic E-state index is 0.228. The second-order valence-corrected chi connectivity index (χ2v) is 9.25. The van der Waals surface area contributed by atoms with E-state index in [4.69, 9.17) is 19.7 Å². The topological polar surface area (TPSA) is 75.3 Å². The summed E-state index contributed by atoms with van der Waals surface area (Å²) in [6.07, 6.45) is 9.47. The molecular weight excluding hydrogens is 390 g/mol. The van der Waals surface area contributed by atoms with Crippen LogP contribution in [0.15, 0.2) is 54.7 Å². The number of hydrogen-bond donors (Lipinski definition) is 1. The van der Waals surface area contributed by atoms with Crippen molar-refractivity contribution in [2.75, 3.05) is 12.1 Å². The zero-order valence-corrected chi connectivity index (χ0v) is 18.7. The summed E-state index contributed by atoms with van der Waals surface area (Å²) < 4.78 is 13.9. The summed E-state index contributed by atoms with van der Waals surface area (Å²) in [7, 11) is 1.64. The van der Waals surface area contributed by atoms with Crippen LogP contribution in [0, 0.1) is 11.3 Å². The molecule has 162 valence electrons. The van der Waals surface area contributed by atoms with Gasteiger partial charge in [-0.25, -0.2) is 4.98 Å². The summed E-state index contributed by atoms with van der Waals surface area (Å²) in [6, 6.07) is 9.67. The molecule has 4 rings (SSSR count). The monoisotopic (exact) mass is 419 g/mol. The number of nitrogens with one attached hydrogen (secondary N) is 1. The fourth-order valence-corrected chi connectivity index (χ4v) is 4.63. The zero-order chi connectivity index (χ0) is 22.2. The summed E-state index contributed by atoms with van der Waals surface area (Å²) >= 11 is 0. The quantitative estimate of drug-likeness (QED) is 0.785. The normalized spacial score (nSPS) is 20.0. The van der Waals surface area contributed by atoms with Crippen LogP contribution in [-0.2, 0) is 9.47 Å². The van der Waals surface area contributed by atoms with Gasteiger partial charge >= 0.3 is 0 Å². The number of nitrogens with zero attached hydrogens (tertiary/aromatic N) is 4. The van der Waals surface area contributed by atoms with Crippen molar-refractivity contribution in [1.29, 1.82) is 5.26 Å². The molecule has 31 heavy (non-hydrogen) atoms. The maximum atomic E-state index is 9.17. The molecule has 1 aromatic heterocycles. The van der Waals surface area contributed by atoms with E-state index in [1.807, 2.05) is 52.2 Å². The van der Waals surface area contributed by atoms with Crippen LogP contribution in [0.5, 0.6) is 0 Å². The molecule has 3 heterocycles. The Morgan fingerprint density at radius 3 is 2.45 bits per heavy atom. The number of nitriles is 1. The van der Waals surface area contributed by atoms with E-state index in [1.54, 1.807) is 7.11 Å². The van der Waals surface area contributed by atoms with Crippen LogP contribution in [-0.4, -0.2) is 27.9 Å². The summed E-state index contributed by atoms with van der Waals surface area (Å²) in [5, 5.41) is 11.0. The summed E-state index contributed by atoms with van der Waals surface area (Å²) in [5.41, 5.74) is 5.31. The number of aromatic nitrogens is 2. The smallest absolute Gasteiger partial charge is 0.237 e. The van der Waals surface area contributed by atoms with E-state index < -0.39 is 0 Å². The molecule has 1 fully saturated rings. The Labute approximate surface area is 183 Å². The predicted octanol–water partition coefficient (Wildman–Crippen LogP) is 4.52. The second-order valence-electron chi connectivity index (χ2n) is 9.25. The van der Waals surface area contributed by atoms with Gasteiger partial charge in [0.05, 0.1) is 35.6 Å². The average molecular weight is 420 g/mol. The van der Waals surface area contributed by atoms with Crippen molar-refractivity contribution in [3.8, 4) is 11.8 Å². The lowest BCUT2D eigenvalue weighted by Gasteiger charge is -2.45. The van der Waals surface area contributed by atoms with Crippen molar-refractivity contribution in [3.63, 3.8) is 0 Å². The van der Waals surface area contributed by atoms with Crippen molar-refractivity contribution in [3.05, 3.63) is 66.0 Å². The molecule has 0 aliphatic carbocycles. The Bertz CT molecular complexity index is 1040. The maximum absolute atomic E-state index is 9.17. The van der Waals surface area contributed by atoms with Crippen LogP contribution in [0.3, 0.4) is 0 Å². The molecule has 7 heteroatoms. The van der Waals surface area contributed by atoms with Crippen molar-refractivity contribution >= 4 is 5.95 Å². The third-order valence-electron chi connectivity index (χ3n) is 5.60. The third-order valence-corrected chi connectivity index (χ3v) is 5.60. The third kappa shape index (κ3) is 4.30. The Balaban J connectivity index is 1.79. The lowest BCUT2D eigenvalue weighted by atomic mass is 9.79.